The quantitative estimate of drug-likeness (QED) is 0.600. The maximum Gasteiger partial charge on any atom is 0.0351 e. The van der Waals surface area contributed by atoms with E-state index in [0.717, 1.165) is 6.04 Å². The third-order valence-corrected chi connectivity index (χ3v) is 3.66. The first-order chi connectivity index (χ1) is 6.66. The molecule has 0 radical (unpaired) electrons. The first-order valence-electron chi connectivity index (χ1n) is 5.83. The van der Waals surface area contributed by atoms with E-state index in [9.17, 15) is 0 Å². The Morgan fingerprint density at radius 1 is 1.00 bits per heavy atom. The Kier molecular flexibility index (Phi) is 3.10. The number of fused-ring (bicyclic) bond motifs is 1. The molecule has 0 aromatic carbocycles. The van der Waals surface area contributed by atoms with Crippen molar-refractivity contribution in [2.45, 2.75) is 25.9 Å². The number of hydrogen-bond acceptors (Lipinski definition) is 3. The molecule has 14 heavy (non-hydrogen) atoms. The molecule has 3 heteroatoms. The molecule has 0 bridgehead atoms. The van der Waals surface area contributed by atoms with Crippen molar-refractivity contribution >= 4 is 0 Å². The SMILES string of the molecule is CC(C)N1CCN2CCN(C)CC2C1. The molecule has 0 amide bonds. The average molecular weight is 197 g/mol. The average Bonchev–Trinajstić information content (AvgIpc) is 2.16. The second-order valence-corrected chi connectivity index (χ2v) is 5.04. The third-order valence-electron chi connectivity index (χ3n) is 3.66. The molecule has 2 heterocycles. The third kappa shape index (κ3) is 2.10. The van der Waals surface area contributed by atoms with Crippen LogP contribution in [0.1, 0.15) is 13.8 Å². The van der Waals surface area contributed by atoms with Gasteiger partial charge in [0, 0.05) is 51.4 Å². The van der Waals surface area contributed by atoms with Crippen LogP contribution >= 0.6 is 0 Å². The molecule has 0 aromatic heterocycles. The predicted octanol–water partition coefficient (Wildman–Crippen LogP) is 0.326. The van der Waals surface area contributed by atoms with Crippen molar-refractivity contribution in [2.24, 2.45) is 0 Å². The zero-order valence-corrected chi connectivity index (χ0v) is 9.74. The van der Waals surface area contributed by atoms with E-state index in [1.807, 2.05) is 0 Å². The summed E-state index contributed by atoms with van der Waals surface area (Å²) in [5.41, 5.74) is 0. The van der Waals surface area contributed by atoms with Crippen molar-refractivity contribution in [1.82, 2.24) is 14.7 Å². The van der Waals surface area contributed by atoms with Crippen molar-refractivity contribution in [2.75, 3.05) is 46.3 Å². The lowest BCUT2D eigenvalue weighted by molar-refractivity contribution is 0.00949. The highest BCUT2D eigenvalue weighted by atomic mass is 15.3. The Bertz CT molecular complexity index is 193. The van der Waals surface area contributed by atoms with Crippen LogP contribution < -0.4 is 0 Å². The van der Waals surface area contributed by atoms with Gasteiger partial charge in [0.1, 0.15) is 0 Å². The maximum atomic E-state index is 2.67. The fourth-order valence-corrected chi connectivity index (χ4v) is 2.60. The molecule has 1 atom stereocenters. The molecule has 0 N–H and O–H groups in total. The highest BCUT2D eigenvalue weighted by Gasteiger charge is 2.31. The molecule has 2 saturated heterocycles. The molecule has 0 saturated carbocycles. The highest BCUT2D eigenvalue weighted by molar-refractivity contribution is 4.88. The smallest absolute Gasteiger partial charge is 0.0351 e. The van der Waals surface area contributed by atoms with Crippen LogP contribution in [0.15, 0.2) is 0 Å². The molecule has 2 aliphatic rings. The van der Waals surface area contributed by atoms with Crippen LogP contribution in [0.5, 0.6) is 0 Å². The van der Waals surface area contributed by atoms with Crippen LogP contribution in [0.3, 0.4) is 0 Å². The number of nitrogens with zero attached hydrogens (tertiary/aromatic N) is 3. The van der Waals surface area contributed by atoms with Gasteiger partial charge in [0.15, 0.2) is 0 Å². The van der Waals surface area contributed by atoms with Crippen LogP contribution in [-0.4, -0.2) is 73.1 Å². The van der Waals surface area contributed by atoms with Gasteiger partial charge in [-0.2, -0.15) is 0 Å². The lowest BCUT2D eigenvalue weighted by atomic mass is 10.1. The van der Waals surface area contributed by atoms with E-state index in [-0.39, 0.29) is 0 Å². The van der Waals surface area contributed by atoms with E-state index in [0.29, 0.717) is 6.04 Å². The van der Waals surface area contributed by atoms with Gasteiger partial charge >= 0.3 is 0 Å². The minimum Gasteiger partial charge on any atom is -0.303 e. The summed E-state index contributed by atoms with van der Waals surface area (Å²) in [4.78, 5) is 7.74. The summed E-state index contributed by atoms with van der Waals surface area (Å²) >= 11 is 0. The summed E-state index contributed by atoms with van der Waals surface area (Å²) in [6.07, 6.45) is 0. The molecular weight excluding hydrogens is 174 g/mol. The summed E-state index contributed by atoms with van der Waals surface area (Å²) in [6, 6.07) is 1.49. The van der Waals surface area contributed by atoms with E-state index >= 15 is 0 Å². The summed E-state index contributed by atoms with van der Waals surface area (Å²) in [5, 5.41) is 0. The Hall–Kier alpha value is -0.120. The van der Waals surface area contributed by atoms with Gasteiger partial charge in [-0.25, -0.2) is 0 Å². The molecule has 2 rings (SSSR count). The predicted molar refractivity (Wildman–Crippen MR) is 59.6 cm³/mol. The van der Waals surface area contributed by atoms with E-state index in [2.05, 4.69) is 35.6 Å². The lowest BCUT2D eigenvalue weighted by Crippen LogP contribution is -2.62. The monoisotopic (exact) mass is 197 g/mol. The number of rotatable bonds is 1. The largest absolute Gasteiger partial charge is 0.303 e. The standard InChI is InChI=1S/C11H23N3/c1-10(2)14-7-6-13-5-4-12(3)8-11(13)9-14/h10-11H,4-9H2,1-3H3. The minimum atomic E-state index is 0.712. The summed E-state index contributed by atoms with van der Waals surface area (Å²) in [6.45, 7) is 12.2. The van der Waals surface area contributed by atoms with Crippen molar-refractivity contribution < 1.29 is 0 Å². The molecule has 3 nitrogen and oxygen atoms in total. The molecule has 82 valence electrons. The van der Waals surface area contributed by atoms with Crippen molar-refractivity contribution in [1.29, 1.82) is 0 Å². The first kappa shape index (κ1) is 10.4. The van der Waals surface area contributed by atoms with Gasteiger partial charge in [0.2, 0.25) is 0 Å². The van der Waals surface area contributed by atoms with E-state index in [1.54, 1.807) is 0 Å². The Balaban J connectivity index is 1.93. The molecule has 0 spiro atoms. The lowest BCUT2D eigenvalue weighted by Gasteiger charge is -2.47. The van der Waals surface area contributed by atoms with Gasteiger partial charge < -0.3 is 4.90 Å². The topological polar surface area (TPSA) is 9.72 Å². The van der Waals surface area contributed by atoms with Crippen LogP contribution in [0, 0.1) is 0 Å². The van der Waals surface area contributed by atoms with Gasteiger partial charge in [-0.3, -0.25) is 9.80 Å². The van der Waals surface area contributed by atoms with Gasteiger partial charge in [-0.05, 0) is 20.9 Å². The molecule has 2 fully saturated rings. The summed E-state index contributed by atoms with van der Waals surface area (Å²) in [7, 11) is 2.24. The molecular formula is C11H23N3. The zero-order valence-electron chi connectivity index (χ0n) is 9.74. The van der Waals surface area contributed by atoms with Crippen molar-refractivity contribution in [3.8, 4) is 0 Å². The zero-order chi connectivity index (χ0) is 10.1. The summed E-state index contributed by atoms with van der Waals surface area (Å²) in [5.74, 6) is 0. The van der Waals surface area contributed by atoms with Gasteiger partial charge in [-0.1, -0.05) is 0 Å². The van der Waals surface area contributed by atoms with Crippen LogP contribution in [0.4, 0.5) is 0 Å². The van der Waals surface area contributed by atoms with Gasteiger partial charge in [0.25, 0.3) is 0 Å². The first-order valence-corrected chi connectivity index (χ1v) is 5.83. The molecule has 0 aromatic rings. The number of likely N-dealkylation sites (N-methyl/N-ethyl adjacent to an activating group) is 1. The van der Waals surface area contributed by atoms with Gasteiger partial charge in [0.05, 0.1) is 0 Å². The van der Waals surface area contributed by atoms with Crippen molar-refractivity contribution in [3.63, 3.8) is 0 Å². The fourth-order valence-electron chi connectivity index (χ4n) is 2.60. The van der Waals surface area contributed by atoms with Gasteiger partial charge in [-0.15, -0.1) is 0 Å². The fraction of sp³-hybridized carbons (Fsp3) is 1.00. The van der Waals surface area contributed by atoms with Crippen molar-refractivity contribution in [3.05, 3.63) is 0 Å². The molecule has 2 aliphatic heterocycles. The minimum absolute atomic E-state index is 0.712. The number of piperazine rings is 2. The second-order valence-electron chi connectivity index (χ2n) is 5.04. The normalized spacial score (nSPS) is 32.1. The Labute approximate surface area is 87.7 Å². The highest BCUT2D eigenvalue weighted by Crippen LogP contribution is 2.16. The van der Waals surface area contributed by atoms with E-state index in [4.69, 9.17) is 0 Å². The Morgan fingerprint density at radius 2 is 1.71 bits per heavy atom. The van der Waals surface area contributed by atoms with E-state index in [1.165, 1.54) is 39.3 Å². The van der Waals surface area contributed by atoms with Crippen LogP contribution in [0.25, 0.3) is 0 Å². The second kappa shape index (κ2) is 4.17. The number of hydrogen-bond donors (Lipinski definition) is 0. The molecule has 0 aliphatic carbocycles. The maximum absolute atomic E-state index is 2.67. The van der Waals surface area contributed by atoms with Crippen LogP contribution in [0.2, 0.25) is 0 Å². The van der Waals surface area contributed by atoms with Crippen LogP contribution in [-0.2, 0) is 0 Å². The van der Waals surface area contributed by atoms with E-state index < -0.39 is 0 Å². The Morgan fingerprint density at radius 3 is 2.43 bits per heavy atom. The molecule has 1 unspecified atom stereocenters. The summed E-state index contributed by atoms with van der Waals surface area (Å²) < 4.78 is 0.